The second kappa shape index (κ2) is 9.79. The van der Waals surface area contributed by atoms with Gasteiger partial charge < -0.3 is 15.5 Å². The Morgan fingerprint density at radius 2 is 2.00 bits per heavy atom. The first-order chi connectivity index (χ1) is 12.1. The third kappa shape index (κ3) is 5.87. The molecule has 2 aromatic rings. The summed E-state index contributed by atoms with van der Waals surface area (Å²) in [5.74, 6) is 0.0253. The van der Waals surface area contributed by atoms with Crippen LogP contribution in [-0.4, -0.2) is 30.5 Å². The number of anilines is 2. The van der Waals surface area contributed by atoms with Crippen molar-refractivity contribution in [2.75, 3.05) is 29.9 Å². The van der Waals surface area contributed by atoms with E-state index in [1.807, 2.05) is 31.3 Å². The molecule has 5 nitrogen and oxygen atoms in total. The van der Waals surface area contributed by atoms with Crippen molar-refractivity contribution in [3.8, 4) is 0 Å². The molecule has 0 unspecified atom stereocenters. The zero-order chi connectivity index (χ0) is 18.1. The van der Waals surface area contributed by atoms with Crippen LogP contribution in [-0.2, 0) is 11.3 Å². The van der Waals surface area contributed by atoms with E-state index >= 15 is 0 Å². The second-order valence-electron chi connectivity index (χ2n) is 6.01. The van der Waals surface area contributed by atoms with E-state index in [1.165, 1.54) is 5.69 Å². The standard InChI is InChI=1S/C20H28N4O/c1-4-24(5-2)18-8-9-19(16(3)13-18)23-20(25)10-12-22-15-17-7-6-11-21-14-17/h6-9,11,13-14,22H,4-5,10,12,15H2,1-3H3,(H,23,25). The SMILES string of the molecule is CCN(CC)c1ccc(NC(=O)CCNCc2cccnc2)c(C)c1. The van der Waals surface area contributed by atoms with Gasteiger partial charge in [-0.05, 0) is 56.2 Å². The van der Waals surface area contributed by atoms with Crippen molar-refractivity contribution in [1.29, 1.82) is 0 Å². The number of nitrogens with one attached hydrogen (secondary N) is 2. The van der Waals surface area contributed by atoms with Gasteiger partial charge in [-0.15, -0.1) is 0 Å². The molecule has 0 saturated carbocycles. The number of carbonyl (C=O) groups is 1. The topological polar surface area (TPSA) is 57.3 Å². The van der Waals surface area contributed by atoms with E-state index in [2.05, 4.69) is 46.5 Å². The van der Waals surface area contributed by atoms with Gasteiger partial charge in [0.25, 0.3) is 0 Å². The van der Waals surface area contributed by atoms with E-state index in [1.54, 1.807) is 6.20 Å². The van der Waals surface area contributed by atoms with Crippen LogP contribution >= 0.6 is 0 Å². The van der Waals surface area contributed by atoms with Gasteiger partial charge in [0.2, 0.25) is 5.91 Å². The smallest absolute Gasteiger partial charge is 0.225 e. The van der Waals surface area contributed by atoms with E-state index in [9.17, 15) is 4.79 Å². The molecule has 0 aliphatic rings. The van der Waals surface area contributed by atoms with Crippen molar-refractivity contribution >= 4 is 17.3 Å². The third-order valence-electron chi connectivity index (χ3n) is 4.19. The van der Waals surface area contributed by atoms with Gasteiger partial charge in [0, 0.05) is 56.4 Å². The lowest BCUT2D eigenvalue weighted by Crippen LogP contribution is -2.23. The van der Waals surface area contributed by atoms with Crippen molar-refractivity contribution in [1.82, 2.24) is 10.3 Å². The van der Waals surface area contributed by atoms with Gasteiger partial charge in [-0.1, -0.05) is 6.07 Å². The van der Waals surface area contributed by atoms with E-state index in [-0.39, 0.29) is 5.91 Å². The van der Waals surface area contributed by atoms with Crippen LogP contribution in [0.25, 0.3) is 0 Å². The first kappa shape index (κ1) is 18.9. The Morgan fingerprint density at radius 1 is 1.20 bits per heavy atom. The van der Waals surface area contributed by atoms with Crippen molar-refractivity contribution in [3.63, 3.8) is 0 Å². The molecular formula is C20H28N4O. The molecule has 0 spiro atoms. The van der Waals surface area contributed by atoms with Crippen molar-refractivity contribution in [2.45, 2.75) is 33.7 Å². The molecule has 5 heteroatoms. The minimum atomic E-state index is 0.0253. The van der Waals surface area contributed by atoms with Gasteiger partial charge in [0.15, 0.2) is 0 Å². The third-order valence-corrected chi connectivity index (χ3v) is 4.19. The molecular weight excluding hydrogens is 312 g/mol. The fraction of sp³-hybridized carbons (Fsp3) is 0.400. The van der Waals surface area contributed by atoms with Gasteiger partial charge in [-0.2, -0.15) is 0 Å². The zero-order valence-electron chi connectivity index (χ0n) is 15.4. The quantitative estimate of drug-likeness (QED) is 0.687. The van der Waals surface area contributed by atoms with Crippen molar-refractivity contribution < 1.29 is 4.79 Å². The monoisotopic (exact) mass is 340 g/mol. The predicted molar refractivity (Wildman–Crippen MR) is 104 cm³/mol. The molecule has 0 aliphatic carbocycles. The summed E-state index contributed by atoms with van der Waals surface area (Å²) < 4.78 is 0. The van der Waals surface area contributed by atoms with Crippen LogP contribution in [0.3, 0.4) is 0 Å². The lowest BCUT2D eigenvalue weighted by molar-refractivity contribution is -0.116. The Balaban J connectivity index is 1.80. The summed E-state index contributed by atoms with van der Waals surface area (Å²) >= 11 is 0. The van der Waals surface area contributed by atoms with Gasteiger partial charge in [0.05, 0.1) is 0 Å². The Bertz CT molecular complexity index is 669. The molecule has 1 aromatic heterocycles. The minimum Gasteiger partial charge on any atom is -0.372 e. The first-order valence-corrected chi connectivity index (χ1v) is 8.89. The summed E-state index contributed by atoms with van der Waals surface area (Å²) in [7, 11) is 0. The van der Waals surface area contributed by atoms with E-state index < -0.39 is 0 Å². The molecule has 0 fully saturated rings. The molecule has 134 valence electrons. The number of aryl methyl sites for hydroxylation is 1. The number of rotatable bonds is 9. The maximum atomic E-state index is 12.1. The lowest BCUT2D eigenvalue weighted by atomic mass is 10.1. The molecule has 2 N–H and O–H groups in total. The van der Waals surface area contributed by atoms with Crippen LogP contribution in [0.4, 0.5) is 11.4 Å². The molecule has 0 aliphatic heterocycles. The number of hydrogen-bond donors (Lipinski definition) is 2. The lowest BCUT2D eigenvalue weighted by Gasteiger charge is -2.22. The Morgan fingerprint density at radius 3 is 2.64 bits per heavy atom. The highest BCUT2D eigenvalue weighted by Gasteiger charge is 2.08. The average Bonchev–Trinajstić information content (AvgIpc) is 2.63. The maximum Gasteiger partial charge on any atom is 0.225 e. The molecule has 0 bridgehead atoms. The summed E-state index contributed by atoms with van der Waals surface area (Å²) in [6.07, 6.45) is 4.02. The van der Waals surface area contributed by atoms with Gasteiger partial charge in [-0.3, -0.25) is 9.78 Å². The van der Waals surface area contributed by atoms with Crippen LogP contribution in [0.2, 0.25) is 0 Å². The van der Waals surface area contributed by atoms with Crippen molar-refractivity contribution in [3.05, 3.63) is 53.9 Å². The maximum absolute atomic E-state index is 12.1. The minimum absolute atomic E-state index is 0.0253. The summed E-state index contributed by atoms with van der Waals surface area (Å²) in [6.45, 7) is 9.63. The predicted octanol–water partition coefficient (Wildman–Crippen LogP) is 3.35. The highest BCUT2D eigenvalue weighted by Crippen LogP contribution is 2.22. The van der Waals surface area contributed by atoms with Gasteiger partial charge >= 0.3 is 0 Å². The molecule has 1 heterocycles. The number of benzene rings is 1. The van der Waals surface area contributed by atoms with Crippen LogP contribution in [0.5, 0.6) is 0 Å². The molecule has 2 rings (SSSR count). The molecule has 1 amide bonds. The number of aromatic nitrogens is 1. The summed E-state index contributed by atoms with van der Waals surface area (Å²) in [5, 5.41) is 6.27. The first-order valence-electron chi connectivity index (χ1n) is 8.89. The summed E-state index contributed by atoms with van der Waals surface area (Å²) in [4.78, 5) is 18.5. The van der Waals surface area contributed by atoms with Gasteiger partial charge in [-0.25, -0.2) is 0 Å². The number of pyridine rings is 1. The molecule has 1 aromatic carbocycles. The molecule has 0 saturated heterocycles. The fourth-order valence-electron chi connectivity index (χ4n) is 2.72. The summed E-state index contributed by atoms with van der Waals surface area (Å²) in [6, 6.07) is 10.1. The number of hydrogen-bond acceptors (Lipinski definition) is 4. The highest BCUT2D eigenvalue weighted by atomic mass is 16.1. The normalized spacial score (nSPS) is 10.5. The Labute approximate surface area is 150 Å². The number of nitrogens with zero attached hydrogens (tertiary/aromatic N) is 2. The van der Waals surface area contributed by atoms with E-state index in [0.29, 0.717) is 13.0 Å². The van der Waals surface area contributed by atoms with Crippen LogP contribution in [0.1, 0.15) is 31.4 Å². The Hall–Kier alpha value is -2.40. The summed E-state index contributed by atoms with van der Waals surface area (Å²) in [5.41, 5.74) is 4.28. The fourth-order valence-corrected chi connectivity index (χ4v) is 2.72. The molecule has 0 atom stereocenters. The number of carbonyl (C=O) groups excluding carboxylic acids is 1. The van der Waals surface area contributed by atoms with Crippen LogP contribution in [0.15, 0.2) is 42.7 Å². The highest BCUT2D eigenvalue weighted by molar-refractivity contribution is 5.91. The Kier molecular flexibility index (Phi) is 7.41. The largest absolute Gasteiger partial charge is 0.372 e. The van der Waals surface area contributed by atoms with Crippen LogP contribution < -0.4 is 15.5 Å². The van der Waals surface area contributed by atoms with E-state index in [0.717, 1.165) is 36.4 Å². The van der Waals surface area contributed by atoms with E-state index in [4.69, 9.17) is 0 Å². The van der Waals surface area contributed by atoms with Crippen molar-refractivity contribution in [2.24, 2.45) is 0 Å². The average molecular weight is 340 g/mol. The molecule has 0 radical (unpaired) electrons. The van der Waals surface area contributed by atoms with Crippen LogP contribution in [0, 0.1) is 6.92 Å². The molecule has 25 heavy (non-hydrogen) atoms. The second-order valence-corrected chi connectivity index (χ2v) is 6.01. The van der Waals surface area contributed by atoms with Gasteiger partial charge in [0.1, 0.15) is 0 Å². The number of amides is 1. The zero-order valence-corrected chi connectivity index (χ0v) is 15.4.